The van der Waals surface area contributed by atoms with Crippen LogP contribution in [0, 0.1) is 0 Å². The highest BCUT2D eigenvalue weighted by Gasteiger charge is 2.31. The van der Waals surface area contributed by atoms with Crippen LogP contribution in [-0.2, 0) is 16.0 Å². The zero-order chi connectivity index (χ0) is 18.1. The number of cyclic esters (lactones) is 1. The smallest absolute Gasteiger partial charge is 0.339 e. The Morgan fingerprint density at radius 2 is 2.08 bits per heavy atom. The number of fused-ring (bicyclic) bond motifs is 1. The fourth-order valence-corrected chi connectivity index (χ4v) is 3.07. The van der Waals surface area contributed by atoms with Gasteiger partial charge in [0.25, 0.3) is 5.91 Å². The summed E-state index contributed by atoms with van der Waals surface area (Å²) in [6, 6.07) is 14.0. The summed E-state index contributed by atoms with van der Waals surface area (Å²) in [6.45, 7) is 0. The normalized spacial score (nSPS) is 15.9. The molecule has 0 saturated heterocycles. The largest absolute Gasteiger partial charge is 0.448 e. The Labute approximate surface area is 154 Å². The molecule has 2 aromatic carbocycles. The standard InChI is InChI=1S/C19H14ClN3O3/c20-13-6-7-15(16(11-13)23-9-3-8-21-23)22-18(24)17-10-12-4-1-2-5-14(12)19(25)26-17/h1-9,11,17H,10H2,(H,22,24). The molecule has 1 unspecified atom stereocenters. The molecule has 4 rings (SSSR count). The van der Waals surface area contributed by atoms with E-state index in [1.165, 1.54) is 0 Å². The van der Waals surface area contributed by atoms with Crippen molar-refractivity contribution in [3.05, 3.63) is 77.1 Å². The minimum Gasteiger partial charge on any atom is -0.448 e. The summed E-state index contributed by atoms with van der Waals surface area (Å²) in [4.78, 5) is 24.8. The molecule has 1 aromatic heterocycles. The number of hydrogen-bond acceptors (Lipinski definition) is 4. The Hall–Kier alpha value is -3.12. The number of nitrogens with zero attached hydrogens (tertiary/aromatic N) is 2. The Kier molecular flexibility index (Phi) is 4.18. The summed E-state index contributed by atoms with van der Waals surface area (Å²) in [5.74, 6) is -0.890. The molecule has 2 heterocycles. The second-order valence-electron chi connectivity index (χ2n) is 5.86. The Balaban J connectivity index is 1.59. The van der Waals surface area contributed by atoms with Crippen molar-refractivity contribution in [3.8, 4) is 5.69 Å². The molecule has 6 nitrogen and oxygen atoms in total. The van der Waals surface area contributed by atoms with Gasteiger partial charge in [-0.2, -0.15) is 5.10 Å². The van der Waals surface area contributed by atoms with Crippen molar-refractivity contribution in [2.24, 2.45) is 0 Å². The predicted octanol–water partition coefficient (Wildman–Crippen LogP) is 3.25. The first-order valence-corrected chi connectivity index (χ1v) is 8.39. The van der Waals surface area contributed by atoms with E-state index in [9.17, 15) is 9.59 Å². The monoisotopic (exact) mass is 367 g/mol. The van der Waals surface area contributed by atoms with E-state index in [4.69, 9.17) is 16.3 Å². The minimum absolute atomic E-state index is 0.332. The van der Waals surface area contributed by atoms with Gasteiger partial charge in [-0.05, 0) is 35.9 Å². The van der Waals surface area contributed by atoms with E-state index in [1.807, 2.05) is 12.1 Å². The molecule has 1 aliphatic rings. The van der Waals surface area contributed by atoms with E-state index in [1.54, 1.807) is 53.5 Å². The number of halogens is 1. The molecule has 7 heteroatoms. The molecule has 1 amide bonds. The van der Waals surface area contributed by atoms with Gasteiger partial charge in [0.2, 0.25) is 0 Å². The molecule has 0 saturated carbocycles. The van der Waals surface area contributed by atoms with Crippen molar-refractivity contribution in [2.75, 3.05) is 5.32 Å². The third-order valence-corrected chi connectivity index (χ3v) is 4.39. The summed E-state index contributed by atoms with van der Waals surface area (Å²) in [5, 5.41) is 7.50. The SMILES string of the molecule is O=C1OC(C(=O)Nc2ccc(Cl)cc2-n2cccn2)Cc2ccccc21. The Morgan fingerprint density at radius 1 is 1.23 bits per heavy atom. The Bertz CT molecular complexity index is 985. The lowest BCUT2D eigenvalue weighted by molar-refractivity contribution is -0.125. The molecule has 1 N–H and O–H groups in total. The predicted molar refractivity (Wildman–Crippen MR) is 96.6 cm³/mol. The van der Waals surface area contributed by atoms with Gasteiger partial charge in [-0.15, -0.1) is 0 Å². The van der Waals surface area contributed by atoms with Gasteiger partial charge in [-0.3, -0.25) is 4.79 Å². The fourth-order valence-electron chi connectivity index (χ4n) is 2.90. The van der Waals surface area contributed by atoms with E-state index in [0.29, 0.717) is 28.4 Å². The lowest BCUT2D eigenvalue weighted by atomic mass is 9.98. The van der Waals surface area contributed by atoms with E-state index < -0.39 is 18.0 Å². The molecule has 3 aromatic rings. The molecular weight excluding hydrogens is 354 g/mol. The highest BCUT2D eigenvalue weighted by atomic mass is 35.5. The van der Waals surface area contributed by atoms with E-state index in [2.05, 4.69) is 10.4 Å². The molecule has 0 bridgehead atoms. The fraction of sp³-hybridized carbons (Fsp3) is 0.105. The maximum absolute atomic E-state index is 12.7. The molecule has 130 valence electrons. The van der Waals surface area contributed by atoms with Crippen molar-refractivity contribution in [2.45, 2.75) is 12.5 Å². The summed E-state index contributed by atoms with van der Waals surface area (Å²) >= 11 is 6.07. The van der Waals surface area contributed by atoms with Crippen molar-refractivity contribution in [1.82, 2.24) is 9.78 Å². The number of anilines is 1. The first kappa shape index (κ1) is 16.4. The summed E-state index contributed by atoms with van der Waals surface area (Å²) in [5.41, 5.74) is 2.45. The van der Waals surface area contributed by atoms with Gasteiger partial charge < -0.3 is 10.1 Å². The molecule has 0 fully saturated rings. The number of rotatable bonds is 3. The van der Waals surface area contributed by atoms with Crippen LogP contribution in [0.4, 0.5) is 5.69 Å². The van der Waals surface area contributed by atoms with Gasteiger partial charge in [-0.25, -0.2) is 9.48 Å². The second-order valence-corrected chi connectivity index (χ2v) is 6.29. The first-order chi connectivity index (χ1) is 12.6. The number of esters is 1. The molecule has 0 spiro atoms. The first-order valence-electron chi connectivity index (χ1n) is 8.01. The number of aromatic nitrogens is 2. The number of carbonyl (C=O) groups is 2. The van der Waals surface area contributed by atoms with Crippen LogP contribution in [-0.4, -0.2) is 27.8 Å². The average molecular weight is 368 g/mol. The molecule has 0 radical (unpaired) electrons. The van der Waals surface area contributed by atoms with Crippen LogP contribution >= 0.6 is 11.6 Å². The van der Waals surface area contributed by atoms with Gasteiger partial charge in [0.1, 0.15) is 0 Å². The molecular formula is C19H14ClN3O3. The third-order valence-electron chi connectivity index (χ3n) is 4.15. The maximum Gasteiger partial charge on any atom is 0.339 e. The van der Waals surface area contributed by atoms with E-state index in [-0.39, 0.29) is 0 Å². The number of ether oxygens (including phenoxy) is 1. The summed E-state index contributed by atoms with van der Waals surface area (Å²) in [7, 11) is 0. The van der Waals surface area contributed by atoms with Crippen molar-refractivity contribution >= 4 is 29.2 Å². The van der Waals surface area contributed by atoms with Crippen molar-refractivity contribution in [3.63, 3.8) is 0 Å². The third kappa shape index (κ3) is 3.07. The number of benzene rings is 2. The molecule has 26 heavy (non-hydrogen) atoms. The number of hydrogen-bond donors (Lipinski definition) is 1. The van der Waals surface area contributed by atoms with Crippen LogP contribution in [0.15, 0.2) is 60.9 Å². The Morgan fingerprint density at radius 3 is 2.88 bits per heavy atom. The number of carbonyl (C=O) groups excluding carboxylic acids is 2. The van der Waals surface area contributed by atoms with Crippen molar-refractivity contribution in [1.29, 1.82) is 0 Å². The maximum atomic E-state index is 12.7. The van der Waals surface area contributed by atoms with E-state index >= 15 is 0 Å². The lowest BCUT2D eigenvalue weighted by Crippen LogP contribution is -2.38. The number of nitrogens with one attached hydrogen (secondary N) is 1. The zero-order valence-corrected chi connectivity index (χ0v) is 14.3. The van der Waals surface area contributed by atoms with Crippen LogP contribution in [0.25, 0.3) is 5.69 Å². The summed E-state index contributed by atoms with van der Waals surface area (Å²) in [6.07, 6.45) is 2.82. The van der Waals surface area contributed by atoms with Crippen LogP contribution in [0.5, 0.6) is 0 Å². The van der Waals surface area contributed by atoms with Gasteiger partial charge in [-0.1, -0.05) is 29.8 Å². The highest BCUT2D eigenvalue weighted by molar-refractivity contribution is 6.31. The highest BCUT2D eigenvalue weighted by Crippen LogP contribution is 2.26. The molecule has 0 aliphatic carbocycles. The van der Waals surface area contributed by atoms with Crippen LogP contribution in [0.3, 0.4) is 0 Å². The quantitative estimate of drug-likeness (QED) is 0.721. The number of amides is 1. The van der Waals surface area contributed by atoms with Crippen LogP contribution in [0.2, 0.25) is 5.02 Å². The van der Waals surface area contributed by atoms with Crippen LogP contribution in [0.1, 0.15) is 15.9 Å². The van der Waals surface area contributed by atoms with Crippen molar-refractivity contribution < 1.29 is 14.3 Å². The topological polar surface area (TPSA) is 73.2 Å². The van der Waals surface area contributed by atoms with Gasteiger partial charge in [0.15, 0.2) is 6.10 Å². The van der Waals surface area contributed by atoms with Gasteiger partial charge in [0, 0.05) is 23.8 Å². The van der Waals surface area contributed by atoms with Crippen LogP contribution < -0.4 is 5.32 Å². The van der Waals surface area contributed by atoms with Gasteiger partial charge in [0.05, 0.1) is 16.9 Å². The lowest BCUT2D eigenvalue weighted by Gasteiger charge is -2.24. The minimum atomic E-state index is -0.890. The van der Waals surface area contributed by atoms with Gasteiger partial charge >= 0.3 is 5.97 Å². The zero-order valence-electron chi connectivity index (χ0n) is 13.6. The van der Waals surface area contributed by atoms with E-state index in [0.717, 1.165) is 5.56 Å². The average Bonchev–Trinajstić information content (AvgIpc) is 3.17. The molecule has 1 atom stereocenters. The second kappa shape index (κ2) is 6.65. The molecule has 1 aliphatic heterocycles. The summed E-state index contributed by atoms with van der Waals surface area (Å²) < 4.78 is 6.90.